The van der Waals surface area contributed by atoms with E-state index in [1.165, 1.54) is 11.6 Å². The molecule has 0 saturated carbocycles. The molecule has 1 aromatic carbocycles. The van der Waals surface area contributed by atoms with E-state index in [0.29, 0.717) is 0 Å². The van der Waals surface area contributed by atoms with Crippen molar-refractivity contribution in [1.82, 2.24) is 0 Å². The SMILES string of the molecule is O=S(=O)(O)c1ccc2c(c1)CCC2.[H-].[Na+]. The molecular formula is C9H11NaO3S. The van der Waals surface area contributed by atoms with Crippen LogP contribution in [0.4, 0.5) is 0 Å². The summed E-state index contributed by atoms with van der Waals surface area (Å²) >= 11 is 0. The van der Waals surface area contributed by atoms with Gasteiger partial charge in [0, 0.05) is 0 Å². The average Bonchev–Trinajstić information content (AvgIpc) is 2.47. The molecule has 1 aliphatic rings. The van der Waals surface area contributed by atoms with Crippen molar-refractivity contribution in [2.75, 3.05) is 0 Å². The molecule has 72 valence electrons. The van der Waals surface area contributed by atoms with Gasteiger partial charge in [0.2, 0.25) is 0 Å². The van der Waals surface area contributed by atoms with Gasteiger partial charge in [-0.05, 0) is 42.5 Å². The van der Waals surface area contributed by atoms with Crippen LogP contribution in [0.15, 0.2) is 23.1 Å². The second-order valence-corrected chi connectivity index (χ2v) is 4.68. The number of hydrogen-bond donors (Lipinski definition) is 1. The van der Waals surface area contributed by atoms with E-state index in [-0.39, 0.29) is 35.9 Å². The predicted octanol–water partition coefficient (Wildman–Crippen LogP) is -1.46. The molecule has 0 spiro atoms. The Morgan fingerprint density at radius 2 is 1.86 bits per heavy atom. The minimum absolute atomic E-state index is 0. The molecule has 5 heteroatoms. The fraction of sp³-hybridized carbons (Fsp3) is 0.333. The minimum Gasteiger partial charge on any atom is -1.00 e. The summed E-state index contributed by atoms with van der Waals surface area (Å²) in [6.45, 7) is 0. The van der Waals surface area contributed by atoms with E-state index in [1.807, 2.05) is 0 Å². The van der Waals surface area contributed by atoms with Crippen molar-refractivity contribution in [1.29, 1.82) is 0 Å². The summed E-state index contributed by atoms with van der Waals surface area (Å²) in [6, 6.07) is 4.81. The van der Waals surface area contributed by atoms with Crippen LogP contribution in [-0.2, 0) is 23.0 Å². The van der Waals surface area contributed by atoms with Crippen molar-refractivity contribution >= 4 is 10.1 Å². The Bertz CT molecular complexity index is 445. The van der Waals surface area contributed by atoms with Crippen molar-refractivity contribution in [3.8, 4) is 0 Å². The Labute approximate surface area is 107 Å². The molecule has 0 aromatic heterocycles. The molecule has 3 nitrogen and oxygen atoms in total. The van der Waals surface area contributed by atoms with Crippen LogP contribution >= 0.6 is 0 Å². The van der Waals surface area contributed by atoms with Gasteiger partial charge in [0.1, 0.15) is 0 Å². The first kappa shape index (κ1) is 12.2. The number of aryl methyl sites for hydroxylation is 2. The Kier molecular flexibility index (Phi) is 3.77. The minimum atomic E-state index is -4.02. The Hall–Kier alpha value is 0.130. The molecule has 2 rings (SSSR count). The fourth-order valence-electron chi connectivity index (χ4n) is 1.71. The van der Waals surface area contributed by atoms with E-state index in [2.05, 4.69) is 0 Å². The molecule has 0 aliphatic heterocycles. The van der Waals surface area contributed by atoms with Gasteiger partial charge in [-0.15, -0.1) is 0 Å². The van der Waals surface area contributed by atoms with Crippen LogP contribution in [0.25, 0.3) is 0 Å². The molecule has 1 N–H and O–H groups in total. The number of rotatable bonds is 1. The van der Waals surface area contributed by atoms with Crippen LogP contribution in [0.3, 0.4) is 0 Å². The molecule has 0 amide bonds. The van der Waals surface area contributed by atoms with Gasteiger partial charge in [0.25, 0.3) is 10.1 Å². The molecule has 0 heterocycles. The molecule has 14 heavy (non-hydrogen) atoms. The second kappa shape index (κ2) is 4.33. The summed E-state index contributed by atoms with van der Waals surface area (Å²) in [7, 11) is -4.02. The average molecular weight is 222 g/mol. The van der Waals surface area contributed by atoms with Gasteiger partial charge in [-0.25, -0.2) is 0 Å². The maximum absolute atomic E-state index is 10.8. The van der Waals surface area contributed by atoms with Gasteiger partial charge in [-0.2, -0.15) is 8.42 Å². The molecule has 0 bridgehead atoms. The van der Waals surface area contributed by atoms with E-state index in [1.54, 1.807) is 12.1 Å². The van der Waals surface area contributed by atoms with Crippen LogP contribution in [0, 0.1) is 0 Å². The third-order valence-electron chi connectivity index (χ3n) is 2.37. The van der Waals surface area contributed by atoms with Crippen LogP contribution in [0.5, 0.6) is 0 Å². The number of benzene rings is 1. The van der Waals surface area contributed by atoms with Gasteiger partial charge < -0.3 is 1.43 Å². The van der Waals surface area contributed by atoms with Crippen LogP contribution in [0.2, 0.25) is 0 Å². The van der Waals surface area contributed by atoms with Crippen molar-refractivity contribution < 1.29 is 44.0 Å². The third kappa shape index (κ3) is 2.38. The van der Waals surface area contributed by atoms with Gasteiger partial charge in [-0.3, -0.25) is 4.55 Å². The Morgan fingerprint density at radius 3 is 2.50 bits per heavy atom. The standard InChI is InChI=1S/C9H10O3S.Na.H/c10-13(11,12)9-5-4-7-2-1-3-8(7)6-9;;/h4-6H,1-3H2,(H,10,11,12);;/q;+1;-1. The monoisotopic (exact) mass is 222 g/mol. The Morgan fingerprint density at radius 1 is 1.21 bits per heavy atom. The summed E-state index contributed by atoms with van der Waals surface area (Å²) in [5.74, 6) is 0. The molecule has 1 aliphatic carbocycles. The van der Waals surface area contributed by atoms with Gasteiger partial charge >= 0.3 is 29.6 Å². The summed E-state index contributed by atoms with van der Waals surface area (Å²) in [6.07, 6.45) is 3.00. The van der Waals surface area contributed by atoms with Crippen molar-refractivity contribution in [3.05, 3.63) is 29.3 Å². The summed E-state index contributed by atoms with van der Waals surface area (Å²) in [5.41, 5.74) is 2.25. The van der Waals surface area contributed by atoms with E-state index in [0.717, 1.165) is 24.8 Å². The van der Waals surface area contributed by atoms with Crippen LogP contribution < -0.4 is 29.6 Å². The van der Waals surface area contributed by atoms with Crippen molar-refractivity contribution in [2.24, 2.45) is 0 Å². The van der Waals surface area contributed by atoms with E-state index in [4.69, 9.17) is 4.55 Å². The molecule has 0 saturated heterocycles. The maximum atomic E-state index is 10.8. The fourth-order valence-corrected chi connectivity index (χ4v) is 2.24. The molecule has 0 atom stereocenters. The zero-order chi connectivity index (χ0) is 9.47. The van der Waals surface area contributed by atoms with Crippen molar-refractivity contribution in [3.63, 3.8) is 0 Å². The molecule has 1 aromatic rings. The quantitative estimate of drug-likeness (QED) is 0.466. The van der Waals surface area contributed by atoms with E-state index >= 15 is 0 Å². The first-order valence-corrected chi connectivity index (χ1v) is 5.61. The predicted molar refractivity (Wildman–Crippen MR) is 49.4 cm³/mol. The first-order valence-electron chi connectivity index (χ1n) is 4.17. The van der Waals surface area contributed by atoms with Crippen molar-refractivity contribution in [2.45, 2.75) is 24.2 Å². The zero-order valence-corrected chi connectivity index (χ0v) is 10.8. The first-order chi connectivity index (χ1) is 6.07. The van der Waals surface area contributed by atoms with Gasteiger partial charge in [0.05, 0.1) is 4.90 Å². The van der Waals surface area contributed by atoms with E-state index < -0.39 is 10.1 Å². The molecule has 0 radical (unpaired) electrons. The smallest absolute Gasteiger partial charge is 1.00 e. The number of fused-ring (bicyclic) bond motifs is 1. The Balaban J connectivity index is 0.000000980. The summed E-state index contributed by atoms with van der Waals surface area (Å²) < 4.78 is 30.4. The molecule has 0 fully saturated rings. The normalized spacial score (nSPS) is 14.6. The maximum Gasteiger partial charge on any atom is 1.00 e. The number of hydrogen-bond acceptors (Lipinski definition) is 2. The van der Waals surface area contributed by atoms with Gasteiger partial charge in [0.15, 0.2) is 0 Å². The second-order valence-electron chi connectivity index (χ2n) is 3.26. The van der Waals surface area contributed by atoms with Crippen LogP contribution in [0.1, 0.15) is 19.0 Å². The molecule has 0 unspecified atom stereocenters. The molecular weight excluding hydrogens is 211 g/mol. The van der Waals surface area contributed by atoms with E-state index in [9.17, 15) is 8.42 Å². The largest absolute Gasteiger partial charge is 1.00 e. The zero-order valence-electron chi connectivity index (χ0n) is 9.03. The topological polar surface area (TPSA) is 54.4 Å². The third-order valence-corrected chi connectivity index (χ3v) is 3.22. The summed E-state index contributed by atoms with van der Waals surface area (Å²) in [5, 5.41) is 0. The van der Waals surface area contributed by atoms with Gasteiger partial charge in [-0.1, -0.05) is 6.07 Å². The van der Waals surface area contributed by atoms with Crippen LogP contribution in [-0.4, -0.2) is 13.0 Å². The summed E-state index contributed by atoms with van der Waals surface area (Å²) in [4.78, 5) is 0.00755.